The number of sulfone groups is 1. The molecule has 1 aliphatic carbocycles. The number of rotatable bonds is 4. The van der Waals surface area contributed by atoms with Crippen LogP contribution in [-0.2, 0) is 20.0 Å². The fraction of sp³-hybridized carbons (Fsp3) is 0.550. The molecule has 1 saturated heterocycles. The SMILES string of the molecule is C=C[C@H]1CCN(C(=O)C2(c3ccc(S(C)(=O)=O)cc3)CCCCC2)C1. The van der Waals surface area contributed by atoms with E-state index >= 15 is 0 Å². The standard InChI is InChI=1S/C20H27NO3S/c1-3-16-11-14-21(15-16)19(22)20(12-5-4-6-13-20)17-7-9-18(10-8-17)25(2,23)24/h3,7-10,16H,1,4-6,11-15H2,2H3/t16-/m0/s1. The van der Waals surface area contributed by atoms with Crippen molar-refractivity contribution in [2.75, 3.05) is 19.3 Å². The zero-order valence-electron chi connectivity index (χ0n) is 14.9. The predicted molar refractivity (Wildman–Crippen MR) is 99.2 cm³/mol. The summed E-state index contributed by atoms with van der Waals surface area (Å²) in [6.45, 7) is 5.41. The maximum absolute atomic E-state index is 13.4. The second-order valence-electron chi connectivity index (χ2n) is 7.47. The summed E-state index contributed by atoms with van der Waals surface area (Å²) in [6.07, 6.45) is 9.07. The number of nitrogens with zero attached hydrogens (tertiary/aromatic N) is 1. The topological polar surface area (TPSA) is 54.5 Å². The molecule has 0 aromatic heterocycles. The minimum atomic E-state index is -3.22. The molecule has 1 saturated carbocycles. The summed E-state index contributed by atoms with van der Waals surface area (Å²) in [6, 6.07) is 6.98. The third kappa shape index (κ3) is 3.52. The largest absolute Gasteiger partial charge is 0.341 e. The van der Waals surface area contributed by atoms with Crippen molar-refractivity contribution in [3.8, 4) is 0 Å². The Morgan fingerprint density at radius 1 is 1.20 bits per heavy atom. The Morgan fingerprint density at radius 3 is 2.36 bits per heavy atom. The highest BCUT2D eigenvalue weighted by molar-refractivity contribution is 7.90. The van der Waals surface area contributed by atoms with Crippen molar-refractivity contribution < 1.29 is 13.2 Å². The molecular formula is C20H27NO3S. The van der Waals surface area contributed by atoms with Gasteiger partial charge in [0.25, 0.3) is 0 Å². The maximum Gasteiger partial charge on any atom is 0.233 e. The third-order valence-electron chi connectivity index (χ3n) is 5.80. The van der Waals surface area contributed by atoms with E-state index in [-0.39, 0.29) is 5.91 Å². The highest BCUT2D eigenvalue weighted by atomic mass is 32.2. The summed E-state index contributed by atoms with van der Waals surface area (Å²) in [5, 5.41) is 0. The summed E-state index contributed by atoms with van der Waals surface area (Å²) < 4.78 is 23.5. The molecule has 0 radical (unpaired) electrons. The van der Waals surface area contributed by atoms with E-state index in [0.29, 0.717) is 10.8 Å². The number of hydrogen-bond acceptors (Lipinski definition) is 3. The molecule has 136 valence electrons. The lowest BCUT2D eigenvalue weighted by atomic mass is 9.68. The smallest absolute Gasteiger partial charge is 0.233 e. The van der Waals surface area contributed by atoms with E-state index in [1.54, 1.807) is 12.1 Å². The molecule has 0 unspecified atom stereocenters. The Hall–Kier alpha value is -1.62. The first-order valence-corrected chi connectivity index (χ1v) is 11.0. The molecular weight excluding hydrogens is 334 g/mol. The first kappa shape index (κ1) is 18.2. The van der Waals surface area contributed by atoms with Crippen LogP contribution in [0.3, 0.4) is 0 Å². The lowest BCUT2D eigenvalue weighted by Crippen LogP contribution is -2.47. The Kier molecular flexibility index (Phi) is 5.05. The van der Waals surface area contributed by atoms with Crippen LogP contribution in [0.4, 0.5) is 0 Å². The molecule has 1 amide bonds. The van der Waals surface area contributed by atoms with E-state index in [0.717, 1.165) is 57.2 Å². The molecule has 1 heterocycles. The van der Waals surface area contributed by atoms with Crippen molar-refractivity contribution in [2.45, 2.75) is 48.8 Å². The fourth-order valence-electron chi connectivity index (χ4n) is 4.27. The van der Waals surface area contributed by atoms with E-state index in [4.69, 9.17) is 0 Å². The molecule has 2 fully saturated rings. The van der Waals surface area contributed by atoms with Crippen molar-refractivity contribution in [2.24, 2.45) is 5.92 Å². The van der Waals surface area contributed by atoms with Gasteiger partial charge in [0.05, 0.1) is 10.3 Å². The molecule has 1 aliphatic heterocycles. The highest BCUT2D eigenvalue weighted by Gasteiger charge is 2.44. The van der Waals surface area contributed by atoms with E-state index in [2.05, 4.69) is 6.58 Å². The van der Waals surface area contributed by atoms with E-state index in [9.17, 15) is 13.2 Å². The third-order valence-corrected chi connectivity index (χ3v) is 6.93. The number of likely N-dealkylation sites (tertiary alicyclic amines) is 1. The van der Waals surface area contributed by atoms with E-state index in [1.807, 2.05) is 23.1 Å². The minimum Gasteiger partial charge on any atom is -0.341 e. The molecule has 25 heavy (non-hydrogen) atoms. The van der Waals surface area contributed by atoms with E-state index < -0.39 is 15.3 Å². The van der Waals surface area contributed by atoms with Crippen LogP contribution in [-0.4, -0.2) is 38.6 Å². The number of carbonyl (C=O) groups excluding carboxylic acids is 1. The van der Waals surface area contributed by atoms with Crippen molar-refractivity contribution >= 4 is 15.7 Å². The van der Waals surface area contributed by atoms with Crippen molar-refractivity contribution in [3.63, 3.8) is 0 Å². The number of amides is 1. The molecule has 5 heteroatoms. The first-order valence-electron chi connectivity index (χ1n) is 9.09. The summed E-state index contributed by atoms with van der Waals surface area (Å²) >= 11 is 0. The zero-order valence-corrected chi connectivity index (χ0v) is 15.7. The van der Waals surface area contributed by atoms with Gasteiger partial charge in [0.2, 0.25) is 5.91 Å². The normalized spacial score (nSPS) is 23.4. The van der Waals surface area contributed by atoms with Gasteiger partial charge in [0, 0.05) is 19.3 Å². The molecule has 0 spiro atoms. The van der Waals surface area contributed by atoms with Gasteiger partial charge in [-0.2, -0.15) is 0 Å². The van der Waals surface area contributed by atoms with Crippen molar-refractivity contribution in [3.05, 3.63) is 42.5 Å². The second kappa shape index (κ2) is 6.94. The van der Waals surface area contributed by atoms with Crippen LogP contribution >= 0.6 is 0 Å². The predicted octanol–water partition coefficient (Wildman–Crippen LogP) is 3.33. The van der Waals surface area contributed by atoms with Gasteiger partial charge in [-0.3, -0.25) is 4.79 Å². The molecule has 3 rings (SSSR count). The molecule has 2 aliphatic rings. The molecule has 1 aromatic rings. The summed E-state index contributed by atoms with van der Waals surface area (Å²) in [5.74, 6) is 0.598. The average Bonchev–Trinajstić information content (AvgIpc) is 3.10. The van der Waals surface area contributed by atoms with Gasteiger partial charge in [0.1, 0.15) is 0 Å². The molecule has 4 nitrogen and oxygen atoms in total. The summed E-state index contributed by atoms with van der Waals surface area (Å²) in [4.78, 5) is 15.7. The second-order valence-corrected chi connectivity index (χ2v) is 9.49. The molecule has 0 bridgehead atoms. The van der Waals surface area contributed by atoms with Gasteiger partial charge >= 0.3 is 0 Å². The van der Waals surface area contributed by atoms with Crippen molar-refractivity contribution in [1.29, 1.82) is 0 Å². The van der Waals surface area contributed by atoms with Crippen LogP contribution in [0.1, 0.15) is 44.1 Å². The van der Waals surface area contributed by atoms with Gasteiger partial charge in [0.15, 0.2) is 9.84 Å². The summed E-state index contributed by atoms with van der Waals surface area (Å²) in [7, 11) is -3.22. The quantitative estimate of drug-likeness (QED) is 0.773. The zero-order chi connectivity index (χ0) is 18.1. The van der Waals surface area contributed by atoms with Gasteiger partial charge in [-0.15, -0.1) is 6.58 Å². The monoisotopic (exact) mass is 361 g/mol. The molecule has 1 atom stereocenters. The van der Waals surface area contributed by atoms with Crippen LogP contribution in [0.25, 0.3) is 0 Å². The Morgan fingerprint density at radius 2 is 1.84 bits per heavy atom. The van der Waals surface area contributed by atoms with Gasteiger partial charge in [-0.25, -0.2) is 8.42 Å². The Balaban J connectivity index is 1.93. The van der Waals surface area contributed by atoms with Crippen LogP contribution in [0, 0.1) is 5.92 Å². The van der Waals surface area contributed by atoms with Crippen LogP contribution in [0.5, 0.6) is 0 Å². The fourth-order valence-corrected chi connectivity index (χ4v) is 4.90. The lowest BCUT2D eigenvalue weighted by molar-refractivity contribution is -0.137. The van der Waals surface area contributed by atoms with E-state index in [1.165, 1.54) is 6.26 Å². The average molecular weight is 362 g/mol. The van der Waals surface area contributed by atoms with Gasteiger partial charge in [-0.05, 0) is 42.9 Å². The Labute approximate surface area is 150 Å². The number of hydrogen-bond donors (Lipinski definition) is 0. The van der Waals surface area contributed by atoms with Gasteiger partial charge in [-0.1, -0.05) is 37.5 Å². The summed E-state index contributed by atoms with van der Waals surface area (Å²) in [5.41, 5.74) is 0.469. The Bertz CT molecular complexity index is 746. The molecule has 1 aromatic carbocycles. The van der Waals surface area contributed by atoms with Crippen LogP contribution in [0.15, 0.2) is 41.8 Å². The number of benzene rings is 1. The number of carbonyl (C=O) groups is 1. The first-order chi connectivity index (χ1) is 11.9. The minimum absolute atomic E-state index is 0.212. The highest BCUT2D eigenvalue weighted by Crippen LogP contribution is 2.42. The van der Waals surface area contributed by atoms with Crippen LogP contribution in [0.2, 0.25) is 0 Å². The van der Waals surface area contributed by atoms with Gasteiger partial charge < -0.3 is 4.90 Å². The molecule has 0 N–H and O–H groups in total. The lowest BCUT2D eigenvalue weighted by Gasteiger charge is -2.39. The van der Waals surface area contributed by atoms with Crippen molar-refractivity contribution in [1.82, 2.24) is 4.90 Å². The maximum atomic E-state index is 13.4. The van der Waals surface area contributed by atoms with Crippen LogP contribution < -0.4 is 0 Å².